The summed E-state index contributed by atoms with van der Waals surface area (Å²) in [6.07, 6.45) is 1.53. The molecule has 0 aromatic heterocycles. The minimum absolute atomic E-state index is 0.0245. The predicted octanol–water partition coefficient (Wildman–Crippen LogP) is 7.08. The molecule has 5 nitrogen and oxygen atoms in total. The molecule has 0 atom stereocenters. The van der Waals surface area contributed by atoms with Crippen molar-refractivity contribution in [3.63, 3.8) is 0 Å². The van der Waals surface area contributed by atoms with Gasteiger partial charge in [-0.3, -0.25) is 10.1 Å². The lowest BCUT2D eigenvalue weighted by atomic mass is 10.0. The number of nitrogens with zero attached hydrogens (tertiary/aromatic N) is 2. The second kappa shape index (κ2) is 9.53. The summed E-state index contributed by atoms with van der Waals surface area (Å²) in [4.78, 5) is 13.1. The van der Waals surface area contributed by atoms with Gasteiger partial charge in [0.2, 0.25) is 0 Å². The summed E-state index contributed by atoms with van der Waals surface area (Å²) in [5.41, 5.74) is 4.17. The number of benzene rings is 5. The van der Waals surface area contributed by atoms with Gasteiger partial charge in [-0.15, -0.1) is 5.76 Å². The lowest BCUT2D eigenvalue weighted by Crippen LogP contribution is -2.10. The van der Waals surface area contributed by atoms with Crippen LogP contribution in [0.5, 0.6) is 0 Å². The summed E-state index contributed by atoms with van der Waals surface area (Å²) >= 11 is 0. The van der Waals surface area contributed by atoms with Crippen molar-refractivity contribution in [1.29, 1.82) is 0 Å². The number of nitro groups is 1. The zero-order chi connectivity index (χ0) is 24.2. The van der Waals surface area contributed by atoms with E-state index in [0.29, 0.717) is 21.9 Å². The number of hydrogen-bond donors (Lipinski definition) is 0. The first-order valence-electron chi connectivity index (χ1n) is 11.2. The summed E-state index contributed by atoms with van der Waals surface area (Å²) < 4.78 is 0. The Morgan fingerprint density at radius 2 is 1.17 bits per heavy atom. The Bertz CT molecular complexity index is 1470. The van der Waals surface area contributed by atoms with Crippen LogP contribution in [0.25, 0.3) is 22.6 Å². The maximum absolute atomic E-state index is 13.1. The van der Waals surface area contributed by atoms with E-state index in [4.69, 9.17) is 0 Å². The Kier molecular flexibility index (Phi) is 5.97. The molecular formula is C30H21N2O3-. The molecule has 0 aliphatic carbocycles. The van der Waals surface area contributed by atoms with E-state index >= 15 is 0 Å². The third-order valence-electron chi connectivity index (χ3n) is 5.85. The van der Waals surface area contributed by atoms with E-state index in [9.17, 15) is 15.2 Å². The summed E-state index contributed by atoms with van der Waals surface area (Å²) in [6.45, 7) is 0. The lowest BCUT2D eigenvalue weighted by Gasteiger charge is -2.26. The molecule has 35 heavy (non-hydrogen) atoms. The zero-order valence-corrected chi connectivity index (χ0v) is 18.7. The van der Waals surface area contributed by atoms with Crippen LogP contribution in [-0.2, 0) is 0 Å². The van der Waals surface area contributed by atoms with Crippen molar-refractivity contribution in [3.8, 4) is 0 Å². The molecule has 0 saturated carbocycles. The SMILES string of the molecule is O=[N+]([O-])c1cccc2c(/C=C(\[O-])c3ccc(N(c4ccccc4)c4ccccc4)cc3)cccc12. The highest BCUT2D eigenvalue weighted by molar-refractivity contribution is 5.98. The van der Waals surface area contributed by atoms with E-state index in [1.54, 1.807) is 42.5 Å². The van der Waals surface area contributed by atoms with Gasteiger partial charge in [0.15, 0.2) is 0 Å². The molecule has 5 rings (SSSR count). The molecule has 0 spiro atoms. The van der Waals surface area contributed by atoms with Gasteiger partial charge in [-0.1, -0.05) is 78.9 Å². The molecule has 0 unspecified atom stereocenters. The van der Waals surface area contributed by atoms with E-state index in [1.807, 2.05) is 72.8 Å². The number of anilines is 3. The Morgan fingerprint density at radius 3 is 1.77 bits per heavy atom. The molecule has 5 heteroatoms. The van der Waals surface area contributed by atoms with Crippen molar-refractivity contribution in [2.75, 3.05) is 4.90 Å². The highest BCUT2D eigenvalue weighted by Crippen LogP contribution is 2.35. The maximum Gasteiger partial charge on any atom is 0.277 e. The van der Waals surface area contributed by atoms with E-state index < -0.39 is 4.92 Å². The highest BCUT2D eigenvalue weighted by Gasteiger charge is 2.13. The Hall–Kier alpha value is -4.90. The van der Waals surface area contributed by atoms with Gasteiger partial charge < -0.3 is 10.0 Å². The monoisotopic (exact) mass is 457 g/mol. The summed E-state index contributed by atoms with van der Waals surface area (Å²) in [7, 11) is 0. The number of para-hydroxylation sites is 2. The van der Waals surface area contributed by atoms with Gasteiger partial charge in [-0.05, 0) is 59.0 Å². The van der Waals surface area contributed by atoms with Crippen molar-refractivity contribution >= 4 is 45.4 Å². The van der Waals surface area contributed by atoms with Gasteiger partial charge >= 0.3 is 0 Å². The first-order chi connectivity index (χ1) is 17.1. The topological polar surface area (TPSA) is 69.4 Å². The molecular weight excluding hydrogens is 436 g/mol. The molecule has 0 bridgehead atoms. The average molecular weight is 458 g/mol. The van der Waals surface area contributed by atoms with Crippen LogP contribution in [0.3, 0.4) is 0 Å². The standard InChI is InChI=1S/C30H22N2O3/c33-30(21-23-9-7-15-28-27(23)14-8-16-29(28)32(34)35)22-17-19-26(20-18-22)31(24-10-3-1-4-11-24)25-12-5-2-6-13-25/h1-21,33H/p-1/b30-21-. The van der Waals surface area contributed by atoms with Gasteiger partial charge in [0.05, 0.1) is 10.3 Å². The summed E-state index contributed by atoms with van der Waals surface area (Å²) in [5.74, 6) is -0.165. The van der Waals surface area contributed by atoms with Gasteiger partial charge in [-0.25, -0.2) is 0 Å². The number of hydrogen-bond acceptors (Lipinski definition) is 4. The average Bonchev–Trinajstić information content (AvgIpc) is 2.90. The van der Waals surface area contributed by atoms with Crippen LogP contribution in [-0.4, -0.2) is 4.92 Å². The van der Waals surface area contributed by atoms with Crippen LogP contribution in [0.15, 0.2) is 121 Å². The Morgan fingerprint density at radius 1 is 0.629 bits per heavy atom. The first-order valence-corrected chi connectivity index (χ1v) is 11.2. The summed E-state index contributed by atoms with van der Waals surface area (Å²) in [5, 5.41) is 25.7. The van der Waals surface area contributed by atoms with Gasteiger partial charge in [0, 0.05) is 23.1 Å². The van der Waals surface area contributed by atoms with Crippen molar-refractivity contribution < 1.29 is 10.0 Å². The highest BCUT2D eigenvalue weighted by atomic mass is 16.6. The lowest BCUT2D eigenvalue weighted by molar-refractivity contribution is -0.383. The normalized spacial score (nSPS) is 11.4. The number of non-ortho nitro benzene ring substituents is 1. The minimum atomic E-state index is -0.405. The van der Waals surface area contributed by atoms with E-state index in [0.717, 1.165) is 17.1 Å². The molecule has 0 amide bonds. The molecule has 0 heterocycles. The second-order valence-corrected chi connectivity index (χ2v) is 8.04. The molecule has 0 radical (unpaired) electrons. The van der Waals surface area contributed by atoms with Gasteiger partial charge in [-0.2, -0.15) is 0 Å². The van der Waals surface area contributed by atoms with E-state index in [-0.39, 0.29) is 11.4 Å². The largest absolute Gasteiger partial charge is 0.872 e. The predicted molar refractivity (Wildman–Crippen MR) is 140 cm³/mol. The Labute approximate surface area is 203 Å². The Balaban J connectivity index is 1.51. The van der Waals surface area contributed by atoms with Crippen LogP contribution < -0.4 is 10.0 Å². The van der Waals surface area contributed by atoms with Crippen molar-refractivity contribution in [1.82, 2.24) is 0 Å². The molecule has 5 aromatic carbocycles. The van der Waals surface area contributed by atoms with Crippen molar-refractivity contribution in [2.24, 2.45) is 0 Å². The second-order valence-electron chi connectivity index (χ2n) is 8.04. The third kappa shape index (κ3) is 4.48. The number of nitro benzene ring substituents is 1. The van der Waals surface area contributed by atoms with Crippen molar-refractivity contribution in [3.05, 3.63) is 143 Å². The van der Waals surface area contributed by atoms with E-state index in [1.165, 1.54) is 12.1 Å². The molecule has 170 valence electrons. The van der Waals surface area contributed by atoms with Crippen LogP contribution in [0.4, 0.5) is 22.7 Å². The molecule has 0 aliphatic heterocycles. The van der Waals surface area contributed by atoms with E-state index in [2.05, 4.69) is 4.90 Å². The molecule has 0 aliphatic rings. The van der Waals surface area contributed by atoms with Crippen LogP contribution in [0.2, 0.25) is 0 Å². The molecule has 0 saturated heterocycles. The van der Waals surface area contributed by atoms with Gasteiger partial charge in [0.25, 0.3) is 5.69 Å². The summed E-state index contributed by atoms with van der Waals surface area (Å²) in [6, 6.07) is 37.7. The minimum Gasteiger partial charge on any atom is -0.872 e. The van der Waals surface area contributed by atoms with Crippen molar-refractivity contribution in [2.45, 2.75) is 0 Å². The van der Waals surface area contributed by atoms with Crippen LogP contribution in [0, 0.1) is 10.1 Å². The van der Waals surface area contributed by atoms with Crippen LogP contribution in [0.1, 0.15) is 11.1 Å². The third-order valence-corrected chi connectivity index (χ3v) is 5.85. The number of rotatable bonds is 6. The molecule has 0 N–H and O–H groups in total. The fourth-order valence-corrected chi connectivity index (χ4v) is 4.20. The zero-order valence-electron chi connectivity index (χ0n) is 18.7. The molecule has 0 fully saturated rings. The fraction of sp³-hybridized carbons (Fsp3) is 0. The maximum atomic E-state index is 13.1. The van der Waals surface area contributed by atoms with Crippen LogP contribution >= 0.6 is 0 Å². The smallest absolute Gasteiger partial charge is 0.277 e. The molecule has 5 aromatic rings. The quantitative estimate of drug-likeness (QED) is 0.118. The number of fused-ring (bicyclic) bond motifs is 1. The fourth-order valence-electron chi connectivity index (χ4n) is 4.20. The van der Waals surface area contributed by atoms with Gasteiger partial charge in [0.1, 0.15) is 0 Å². The first kappa shape index (κ1) is 21.9.